The van der Waals surface area contributed by atoms with E-state index in [1.54, 1.807) is 13.4 Å². The molecule has 21 heavy (non-hydrogen) atoms. The summed E-state index contributed by atoms with van der Waals surface area (Å²) in [6, 6.07) is 8.79. The minimum atomic E-state index is 0.430. The highest BCUT2D eigenvalue weighted by atomic mass is 32.1. The Morgan fingerprint density at radius 3 is 2.71 bits per heavy atom. The fourth-order valence-electron chi connectivity index (χ4n) is 2.89. The number of aryl methyl sites for hydroxylation is 1. The lowest BCUT2D eigenvalue weighted by Crippen LogP contribution is -2.27. The molecule has 1 aliphatic rings. The van der Waals surface area contributed by atoms with Crippen molar-refractivity contribution in [2.45, 2.75) is 25.6 Å². The molecule has 0 N–H and O–H groups in total. The second-order valence-corrected chi connectivity index (χ2v) is 5.77. The van der Waals surface area contributed by atoms with Crippen LogP contribution < -0.4 is 4.74 Å². The molecule has 1 atom stereocenters. The molecule has 1 aromatic carbocycles. The molecule has 1 aliphatic heterocycles. The smallest absolute Gasteiger partial charge is 0.198 e. The van der Waals surface area contributed by atoms with Crippen LogP contribution in [-0.2, 0) is 13.7 Å². The van der Waals surface area contributed by atoms with E-state index in [9.17, 15) is 0 Å². The van der Waals surface area contributed by atoms with Crippen LogP contribution in [0.2, 0.25) is 0 Å². The molecule has 1 aromatic heterocycles. The molecule has 0 bridgehead atoms. The number of benzene rings is 1. The van der Waals surface area contributed by atoms with Crippen LogP contribution in [0, 0.1) is 4.77 Å². The average Bonchev–Trinajstić information content (AvgIpc) is 3.10. The second kappa shape index (κ2) is 5.99. The number of rotatable bonds is 4. The fourth-order valence-corrected chi connectivity index (χ4v) is 3.04. The Morgan fingerprint density at radius 2 is 2.10 bits per heavy atom. The van der Waals surface area contributed by atoms with Crippen molar-refractivity contribution in [2.24, 2.45) is 7.05 Å². The van der Waals surface area contributed by atoms with Gasteiger partial charge in [-0.25, -0.2) is 4.68 Å². The van der Waals surface area contributed by atoms with Crippen molar-refractivity contribution in [3.8, 4) is 5.75 Å². The van der Waals surface area contributed by atoms with E-state index in [1.807, 2.05) is 28.4 Å². The number of nitrogens with zero attached hydrogens (tertiary/aromatic N) is 4. The molecular weight excluding hydrogens is 284 g/mol. The number of likely N-dealkylation sites (tertiary alicyclic amines) is 1. The molecule has 112 valence electrons. The van der Waals surface area contributed by atoms with Gasteiger partial charge in [0.15, 0.2) is 4.77 Å². The van der Waals surface area contributed by atoms with Gasteiger partial charge in [-0.15, -0.1) is 0 Å². The van der Waals surface area contributed by atoms with Gasteiger partial charge in [-0.2, -0.15) is 5.10 Å². The predicted molar refractivity (Wildman–Crippen MR) is 83.7 cm³/mol. The largest absolute Gasteiger partial charge is 0.497 e. The van der Waals surface area contributed by atoms with Crippen molar-refractivity contribution in [2.75, 3.05) is 13.7 Å². The van der Waals surface area contributed by atoms with Gasteiger partial charge in [-0.05, 0) is 42.8 Å². The zero-order chi connectivity index (χ0) is 14.8. The zero-order valence-corrected chi connectivity index (χ0v) is 13.2. The van der Waals surface area contributed by atoms with Gasteiger partial charge in [0.05, 0.1) is 13.8 Å². The minimum absolute atomic E-state index is 0.430. The lowest BCUT2D eigenvalue weighted by atomic mass is 10.0. The van der Waals surface area contributed by atoms with Crippen LogP contribution in [0.3, 0.4) is 0 Å². The fraction of sp³-hybridized carbons (Fsp3) is 0.467. The highest BCUT2D eigenvalue weighted by molar-refractivity contribution is 7.71. The van der Waals surface area contributed by atoms with Crippen LogP contribution in [0.1, 0.15) is 24.4 Å². The van der Waals surface area contributed by atoms with Crippen LogP contribution >= 0.6 is 12.2 Å². The molecule has 6 heteroatoms. The summed E-state index contributed by atoms with van der Waals surface area (Å²) in [5.41, 5.74) is 1.33. The molecular formula is C15H20N4OS. The predicted octanol–water partition coefficient (Wildman–Crippen LogP) is 2.75. The standard InChI is InChI=1S/C15H20N4OS/c1-17-10-16-19(15(17)21)11-18-9-3-4-14(18)12-5-7-13(20-2)8-6-12/h5-8,10,14H,3-4,9,11H2,1-2H3/t14-/m0/s1. The summed E-state index contributed by atoms with van der Waals surface area (Å²) >= 11 is 5.37. The van der Waals surface area contributed by atoms with Crippen molar-refractivity contribution < 1.29 is 4.74 Å². The van der Waals surface area contributed by atoms with Crippen LogP contribution in [0.5, 0.6) is 5.75 Å². The molecule has 0 saturated carbocycles. The Balaban J connectivity index is 1.78. The zero-order valence-electron chi connectivity index (χ0n) is 12.4. The topological polar surface area (TPSA) is 35.2 Å². The number of methoxy groups -OCH3 is 1. The van der Waals surface area contributed by atoms with Crippen molar-refractivity contribution in [1.29, 1.82) is 0 Å². The highest BCUT2D eigenvalue weighted by Gasteiger charge is 2.26. The quantitative estimate of drug-likeness (QED) is 0.814. The van der Waals surface area contributed by atoms with Gasteiger partial charge in [-0.3, -0.25) is 4.90 Å². The second-order valence-electron chi connectivity index (χ2n) is 5.41. The van der Waals surface area contributed by atoms with E-state index < -0.39 is 0 Å². The van der Waals surface area contributed by atoms with Gasteiger partial charge in [0, 0.05) is 19.6 Å². The molecule has 0 aliphatic carbocycles. The Kier molecular flexibility index (Phi) is 4.07. The third-order valence-electron chi connectivity index (χ3n) is 4.07. The lowest BCUT2D eigenvalue weighted by molar-refractivity contribution is 0.189. The third-order valence-corrected chi connectivity index (χ3v) is 4.57. The number of ether oxygens (including phenoxy) is 1. The Labute approximate surface area is 129 Å². The van der Waals surface area contributed by atoms with Gasteiger partial charge in [0.1, 0.15) is 12.1 Å². The van der Waals surface area contributed by atoms with Gasteiger partial charge in [0.2, 0.25) is 0 Å². The monoisotopic (exact) mass is 304 g/mol. The molecule has 2 heterocycles. The van der Waals surface area contributed by atoms with Crippen molar-refractivity contribution in [3.05, 3.63) is 40.9 Å². The summed E-state index contributed by atoms with van der Waals surface area (Å²) in [4.78, 5) is 2.44. The Hall–Kier alpha value is -1.66. The number of hydrogen-bond donors (Lipinski definition) is 0. The van der Waals surface area contributed by atoms with Crippen LogP contribution in [0.15, 0.2) is 30.6 Å². The van der Waals surface area contributed by atoms with E-state index in [2.05, 4.69) is 22.1 Å². The van der Waals surface area contributed by atoms with Crippen molar-refractivity contribution >= 4 is 12.2 Å². The summed E-state index contributed by atoms with van der Waals surface area (Å²) in [6.45, 7) is 1.82. The van der Waals surface area contributed by atoms with Crippen LogP contribution in [0.4, 0.5) is 0 Å². The summed E-state index contributed by atoms with van der Waals surface area (Å²) in [5, 5.41) is 4.35. The first-order valence-electron chi connectivity index (χ1n) is 7.15. The van der Waals surface area contributed by atoms with Gasteiger partial charge >= 0.3 is 0 Å². The average molecular weight is 304 g/mol. The van der Waals surface area contributed by atoms with Gasteiger partial charge in [0.25, 0.3) is 0 Å². The van der Waals surface area contributed by atoms with Crippen LogP contribution in [-0.4, -0.2) is 32.9 Å². The molecule has 1 saturated heterocycles. The molecule has 1 fully saturated rings. The normalized spacial score (nSPS) is 19.0. The van der Waals surface area contributed by atoms with E-state index in [0.717, 1.165) is 23.7 Å². The van der Waals surface area contributed by atoms with Crippen LogP contribution in [0.25, 0.3) is 0 Å². The molecule has 0 amide bonds. The maximum absolute atomic E-state index is 5.37. The highest BCUT2D eigenvalue weighted by Crippen LogP contribution is 2.32. The van der Waals surface area contributed by atoms with Gasteiger partial charge in [-0.1, -0.05) is 12.1 Å². The van der Waals surface area contributed by atoms with E-state index >= 15 is 0 Å². The van der Waals surface area contributed by atoms with E-state index in [-0.39, 0.29) is 0 Å². The number of hydrogen-bond acceptors (Lipinski definition) is 4. The molecule has 0 radical (unpaired) electrons. The summed E-state index contributed by atoms with van der Waals surface area (Å²) in [5.74, 6) is 0.898. The van der Waals surface area contributed by atoms with Crippen molar-refractivity contribution in [1.82, 2.24) is 19.2 Å². The lowest BCUT2D eigenvalue weighted by Gasteiger charge is -2.24. The molecule has 2 aromatic rings. The summed E-state index contributed by atoms with van der Waals surface area (Å²) in [6.07, 6.45) is 4.14. The first-order valence-corrected chi connectivity index (χ1v) is 7.56. The third kappa shape index (κ3) is 2.87. The first kappa shape index (κ1) is 14.3. The molecule has 3 rings (SSSR count). The Morgan fingerprint density at radius 1 is 1.33 bits per heavy atom. The van der Waals surface area contributed by atoms with Gasteiger partial charge < -0.3 is 9.30 Å². The van der Waals surface area contributed by atoms with E-state index in [1.165, 1.54) is 18.4 Å². The van der Waals surface area contributed by atoms with E-state index in [4.69, 9.17) is 17.0 Å². The molecule has 0 unspecified atom stereocenters. The SMILES string of the molecule is COc1ccc([C@@H]2CCCN2Cn2ncn(C)c2=S)cc1. The first-order chi connectivity index (χ1) is 10.2. The maximum Gasteiger partial charge on any atom is 0.198 e. The Bertz CT molecular complexity index is 661. The van der Waals surface area contributed by atoms with E-state index in [0.29, 0.717) is 6.04 Å². The van der Waals surface area contributed by atoms with Crippen molar-refractivity contribution in [3.63, 3.8) is 0 Å². The number of aromatic nitrogens is 3. The maximum atomic E-state index is 5.37. The molecule has 5 nitrogen and oxygen atoms in total. The summed E-state index contributed by atoms with van der Waals surface area (Å²) < 4.78 is 9.74. The minimum Gasteiger partial charge on any atom is -0.497 e. The summed E-state index contributed by atoms with van der Waals surface area (Å²) in [7, 11) is 3.62. The molecule has 0 spiro atoms.